The molecule has 0 amide bonds. The van der Waals surface area contributed by atoms with Gasteiger partial charge in [-0.15, -0.1) is 0 Å². The van der Waals surface area contributed by atoms with E-state index in [1.807, 2.05) is 0 Å². The summed E-state index contributed by atoms with van der Waals surface area (Å²) in [5.74, 6) is 3.77. The monoisotopic (exact) mass is 301 g/mol. The van der Waals surface area contributed by atoms with E-state index < -0.39 is 0 Å². The molecule has 0 aromatic carbocycles. The number of hydrogen-bond donors (Lipinski definition) is 0. The Kier molecular flexibility index (Phi) is 3.49. The van der Waals surface area contributed by atoms with E-state index in [1.165, 1.54) is 51.4 Å². The van der Waals surface area contributed by atoms with Crippen LogP contribution in [0.5, 0.6) is 0 Å². The SMILES string of the molecule is C[C@@]12CCC[C@H]1[C@@H]1CC[C@@H]3C[C@H](N=[N+]=[N-])CC[C@]3(C)[C@H]1CC2. The van der Waals surface area contributed by atoms with Crippen LogP contribution in [0.4, 0.5) is 0 Å². The molecule has 0 unspecified atom stereocenters. The smallest absolute Gasteiger partial charge is 0.0377 e. The van der Waals surface area contributed by atoms with Crippen molar-refractivity contribution in [3.63, 3.8) is 0 Å². The molecule has 22 heavy (non-hydrogen) atoms. The van der Waals surface area contributed by atoms with E-state index in [0.29, 0.717) is 10.8 Å². The van der Waals surface area contributed by atoms with E-state index in [4.69, 9.17) is 5.53 Å². The summed E-state index contributed by atoms with van der Waals surface area (Å²) in [6.07, 6.45) is 13.8. The van der Waals surface area contributed by atoms with Crippen molar-refractivity contribution < 1.29 is 0 Å². The highest BCUT2D eigenvalue weighted by Crippen LogP contribution is 2.66. The van der Waals surface area contributed by atoms with Gasteiger partial charge in [-0.2, -0.15) is 0 Å². The summed E-state index contributed by atoms with van der Waals surface area (Å²) in [5.41, 5.74) is 9.96. The molecule has 4 saturated carbocycles. The maximum absolute atomic E-state index is 8.76. The maximum atomic E-state index is 8.76. The van der Waals surface area contributed by atoms with Gasteiger partial charge in [0, 0.05) is 11.0 Å². The molecule has 4 aliphatic rings. The Morgan fingerprint density at radius 3 is 2.64 bits per heavy atom. The van der Waals surface area contributed by atoms with Crippen LogP contribution in [-0.4, -0.2) is 6.04 Å². The van der Waals surface area contributed by atoms with E-state index in [1.54, 1.807) is 0 Å². The quantitative estimate of drug-likeness (QED) is 0.319. The van der Waals surface area contributed by atoms with Gasteiger partial charge in [-0.25, -0.2) is 0 Å². The van der Waals surface area contributed by atoms with Crippen LogP contribution >= 0.6 is 0 Å². The second-order valence-corrected chi connectivity index (χ2v) is 9.37. The molecule has 0 saturated heterocycles. The zero-order valence-corrected chi connectivity index (χ0v) is 14.3. The van der Waals surface area contributed by atoms with Crippen LogP contribution in [0.1, 0.15) is 78.1 Å². The predicted octanol–water partition coefficient (Wildman–Crippen LogP) is 6.10. The summed E-state index contributed by atoms with van der Waals surface area (Å²) in [4.78, 5) is 3.08. The Balaban J connectivity index is 1.58. The lowest BCUT2D eigenvalue weighted by Gasteiger charge is -2.60. The Bertz CT molecular complexity index is 497. The van der Waals surface area contributed by atoms with Crippen molar-refractivity contribution in [2.24, 2.45) is 39.6 Å². The summed E-state index contributed by atoms with van der Waals surface area (Å²) in [7, 11) is 0. The lowest BCUT2D eigenvalue weighted by molar-refractivity contribution is -0.105. The van der Waals surface area contributed by atoms with Crippen LogP contribution in [0.3, 0.4) is 0 Å². The van der Waals surface area contributed by atoms with E-state index in [0.717, 1.165) is 36.5 Å². The second-order valence-electron chi connectivity index (χ2n) is 9.37. The normalized spacial score (nSPS) is 53.8. The summed E-state index contributed by atoms with van der Waals surface area (Å²) >= 11 is 0. The summed E-state index contributed by atoms with van der Waals surface area (Å²) < 4.78 is 0. The fourth-order valence-electron chi connectivity index (χ4n) is 7.41. The fourth-order valence-corrected chi connectivity index (χ4v) is 7.41. The highest BCUT2D eigenvalue weighted by molar-refractivity contribution is 5.07. The third-order valence-corrected chi connectivity index (χ3v) is 8.63. The van der Waals surface area contributed by atoms with Crippen molar-refractivity contribution in [1.82, 2.24) is 0 Å². The predicted molar refractivity (Wildman–Crippen MR) is 89.3 cm³/mol. The Hall–Kier alpha value is -0.690. The molecule has 0 radical (unpaired) electrons. The van der Waals surface area contributed by atoms with Crippen molar-refractivity contribution in [1.29, 1.82) is 0 Å². The fraction of sp³-hybridized carbons (Fsp3) is 1.00. The molecule has 0 bridgehead atoms. The number of fused-ring (bicyclic) bond motifs is 5. The van der Waals surface area contributed by atoms with Gasteiger partial charge >= 0.3 is 0 Å². The van der Waals surface area contributed by atoms with Gasteiger partial charge in [0.2, 0.25) is 0 Å². The van der Waals surface area contributed by atoms with Crippen LogP contribution in [0.2, 0.25) is 0 Å². The molecule has 4 fully saturated rings. The number of rotatable bonds is 1. The van der Waals surface area contributed by atoms with Gasteiger partial charge in [0.25, 0.3) is 0 Å². The van der Waals surface area contributed by atoms with Crippen LogP contribution < -0.4 is 0 Å². The maximum Gasteiger partial charge on any atom is 0.0377 e. The van der Waals surface area contributed by atoms with Crippen LogP contribution in [0.25, 0.3) is 10.4 Å². The average molecular weight is 301 g/mol. The minimum atomic E-state index is 0.278. The first-order valence-electron chi connectivity index (χ1n) is 9.61. The van der Waals surface area contributed by atoms with Crippen LogP contribution in [0.15, 0.2) is 5.11 Å². The van der Waals surface area contributed by atoms with Crippen molar-refractivity contribution in [2.45, 2.75) is 84.1 Å². The first kappa shape index (κ1) is 14.9. The highest BCUT2D eigenvalue weighted by atomic mass is 15.1. The number of azide groups is 1. The third kappa shape index (κ3) is 2.04. The molecule has 0 aliphatic heterocycles. The molecular formula is C19H31N3. The second kappa shape index (κ2) is 5.16. The van der Waals surface area contributed by atoms with Gasteiger partial charge in [-0.1, -0.05) is 25.4 Å². The Morgan fingerprint density at radius 1 is 0.955 bits per heavy atom. The Morgan fingerprint density at radius 2 is 1.82 bits per heavy atom. The molecule has 0 N–H and O–H groups in total. The zero-order chi connectivity index (χ0) is 15.4. The summed E-state index contributed by atoms with van der Waals surface area (Å²) in [6, 6.07) is 0.278. The zero-order valence-electron chi connectivity index (χ0n) is 14.3. The summed E-state index contributed by atoms with van der Waals surface area (Å²) in [6.45, 7) is 5.19. The van der Waals surface area contributed by atoms with Crippen molar-refractivity contribution in [3.05, 3.63) is 10.4 Å². The highest BCUT2D eigenvalue weighted by Gasteiger charge is 2.57. The molecule has 3 nitrogen and oxygen atoms in total. The standard InChI is InChI=1S/C19H31N3/c1-18-9-3-4-16(18)15-6-5-13-12-14(21-22-20)7-11-19(13,2)17(15)8-10-18/h13-17H,3-12H2,1-2H3/t13-,14-,15+,16+,17+,18+,19+/m1/s1. The van der Waals surface area contributed by atoms with E-state index in [9.17, 15) is 0 Å². The number of hydrogen-bond acceptors (Lipinski definition) is 1. The molecule has 0 heterocycles. The first-order valence-corrected chi connectivity index (χ1v) is 9.61. The molecule has 0 spiro atoms. The topological polar surface area (TPSA) is 48.8 Å². The molecular weight excluding hydrogens is 270 g/mol. The van der Waals surface area contributed by atoms with Gasteiger partial charge in [0.05, 0.1) is 0 Å². The van der Waals surface area contributed by atoms with Crippen LogP contribution in [-0.2, 0) is 0 Å². The van der Waals surface area contributed by atoms with Crippen molar-refractivity contribution in [2.75, 3.05) is 0 Å². The molecule has 3 heteroatoms. The summed E-state index contributed by atoms with van der Waals surface area (Å²) in [5, 5.41) is 4.05. The lowest BCUT2D eigenvalue weighted by atomic mass is 9.45. The van der Waals surface area contributed by atoms with Gasteiger partial charge in [-0.05, 0) is 97.8 Å². The molecule has 0 aromatic heterocycles. The minimum Gasteiger partial charge on any atom is -0.0906 e. The van der Waals surface area contributed by atoms with Gasteiger partial charge < -0.3 is 0 Å². The Labute approximate surface area is 134 Å². The van der Waals surface area contributed by atoms with Crippen molar-refractivity contribution in [3.8, 4) is 0 Å². The molecule has 4 rings (SSSR count). The van der Waals surface area contributed by atoms with E-state index >= 15 is 0 Å². The van der Waals surface area contributed by atoms with Gasteiger partial charge in [-0.3, -0.25) is 0 Å². The van der Waals surface area contributed by atoms with E-state index in [-0.39, 0.29) is 6.04 Å². The van der Waals surface area contributed by atoms with E-state index in [2.05, 4.69) is 23.9 Å². The minimum absolute atomic E-state index is 0.278. The van der Waals surface area contributed by atoms with Gasteiger partial charge in [0.15, 0.2) is 0 Å². The molecule has 7 atom stereocenters. The number of nitrogens with zero attached hydrogens (tertiary/aromatic N) is 3. The third-order valence-electron chi connectivity index (χ3n) is 8.63. The molecule has 122 valence electrons. The van der Waals surface area contributed by atoms with Crippen molar-refractivity contribution >= 4 is 0 Å². The van der Waals surface area contributed by atoms with Gasteiger partial charge in [0.1, 0.15) is 0 Å². The largest absolute Gasteiger partial charge is 0.0906 e. The molecule has 4 aliphatic carbocycles. The lowest BCUT2D eigenvalue weighted by Crippen LogP contribution is -2.53. The van der Waals surface area contributed by atoms with Crippen LogP contribution in [0, 0.1) is 34.5 Å². The molecule has 0 aromatic rings. The first-order chi connectivity index (χ1) is 10.6. The average Bonchev–Trinajstić information content (AvgIpc) is 2.89.